The highest BCUT2D eigenvalue weighted by molar-refractivity contribution is 7.45. The number of phosphoric acid groups is 1. The van der Waals surface area contributed by atoms with Gasteiger partial charge in [0.2, 0.25) is 0 Å². The zero-order chi connectivity index (χ0) is 41.7. The summed E-state index contributed by atoms with van der Waals surface area (Å²) in [4.78, 5) is 37.7. The molecule has 1 rings (SSSR count). The molecule has 0 bridgehead atoms. The molecule has 0 radical (unpaired) electrons. The van der Waals surface area contributed by atoms with E-state index in [2.05, 4.69) is 13.8 Å². The number of phosphoric ester groups is 1. The molecule has 7 atom stereocenters. The normalized spacial score (nSPS) is 21.1. The van der Waals surface area contributed by atoms with Gasteiger partial charge in [-0.15, -0.1) is 0 Å². The lowest BCUT2D eigenvalue weighted by Gasteiger charge is -2.28. The Bertz CT molecular complexity index is 1130. The van der Waals surface area contributed by atoms with Crippen LogP contribution in [-0.4, -0.2) is 104 Å². The van der Waals surface area contributed by atoms with Gasteiger partial charge in [-0.05, 0) is 25.2 Å². The number of likely N-dealkylation sites (N-methyl/N-ethyl adjacent to an activating group) is 1. The molecule has 1 saturated carbocycles. The van der Waals surface area contributed by atoms with Crippen molar-refractivity contribution >= 4 is 19.8 Å². The summed E-state index contributed by atoms with van der Waals surface area (Å²) < 4.78 is 33.8. The topological polar surface area (TPSA) is 172 Å². The zero-order valence-electron chi connectivity index (χ0n) is 35.7. The van der Waals surface area contributed by atoms with E-state index in [9.17, 15) is 34.4 Å². The summed E-state index contributed by atoms with van der Waals surface area (Å²) in [7, 11) is 0.999. The Labute approximate surface area is 339 Å². The predicted octanol–water partition coefficient (Wildman–Crippen LogP) is 7.71. The molecule has 56 heavy (non-hydrogen) atoms. The van der Waals surface area contributed by atoms with Crippen LogP contribution in [0.4, 0.5) is 0 Å². The Kier molecular flexibility index (Phi) is 29.3. The lowest BCUT2D eigenvalue weighted by Crippen LogP contribution is -2.37. The first-order valence-electron chi connectivity index (χ1n) is 21.8. The lowest BCUT2D eigenvalue weighted by molar-refractivity contribution is -0.870. The summed E-state index contributed by atoms with van der Waals surface area (Å²) in [5.41, 5.74) is 0. The van der Waals surface area contributed by atoms with Crippen LogP contribution in [0.2, 0.25) is 0 Å². The molecule has 1 unspecified atom stereocenters. The average Bonchev–Trinajstić information content (AvgIpc) is 3.40. The van der Waals surface area contributed by atoms with Gasteiger partial charge in [0, 0.05) is 18.8 Å². The predicted molar refractivity (Wildman–Crippen MR) is 219 cm³/mol. The Balaban J connectivity index is 2.56. The molecule has 0 aliphatic heterocycles. The molecule has 3 N–H and O–H groups in total. The van der Waals surface area contributed by atoms with Gasteiger partial charge in [-0.1, -0.05) is 141 Å². The largest absolute Gasteiger partial charge is 0.756 e. The maximum atomic E-state index is 12.7. The van der Waals surface area contributed by atoms with Crippen LogP contribution in [0.1, 0.15) is 155 Å². The maximum Gasteiger partial charge on any atom is 0.309 e. The van der Waals surface area contributed by atoms with Gasteiger partial charge in [0.25, 0.3) is 7.82 Å². The molecule has 1 aliphatic rings. The van der Waals surface area contributed by atoms with Crippen molar-refractivity contribution in [2.24, 2.45) is 11.8 Å². The van der Waals surface area contributed by atoms with Crippen LogP contribution < -0.4 is 4.89 Å². The monoisotopic (exact) mass is 818 g/mol. The zero-order valence-corrected chi connectivity index (χ0v) is 36.6. The van der Waals surface area contributed by atoms with Crippen LogP contribution >= 0.6 is 7.82 Å². The van der Waals surface area contributed by atoms with Crippen molar-refractivity contribution in [3.05, 3.63) is 24.3 Å². The third kappa shape index (κ3) is 27.9. The number of hydrogen-bond acceptors (Lipinski definition) is 11. The molecule has 1 aliphatic carbocycles. The molecule has 0 heterocycles. The average molecular weight is 818 g/mol. The van der Waals surface area contributed by atoms with E-state index in [0.29, 0.717) is 30.3 Å². The Morgan fingerprint density at radius 1 is 0.786 bits per heavy atom. The molecule has 12 nitrogen and oxygen atoms in total. The van der Waals surface area contributed by atoms with Gasteiger partial charge in [-0.3, -0.25) is 14.2 Å². The minimum absolute atomic E-state index is 0.0793. The van der Waals surface area contributed by atoms with Crippen LogP contribution in [0, 0.1) is 11.8 Å². The van der Waals surface area contributed by atoms with Crippen molar-refractivity contribution in [3.8, 4) is 0 Å². The molecule has 13 heteroatoms. The van der Waals surface area contributed by atoms with Crippen LogP contribution in [0.15, 0.2) is 24.3 Å². The number of esters is 2. The summed E-state index contributed by atoms with van der Waals surface area (Å²) in [6.07, 6.45) is 24.8. The van der Waals surface area contributed by atoms with E-state index in [1.807, 2.05) is 21.1 Å². The van der Waals surface area contributed by atoms with Crippen LogP contribution in [-0.2, 0) is 32.7 Å². The van der Waals surface area contributed by atoms with Crippen LogP contribution in [0.3, 0.4) is 0 Å². The quantitative estimate of drug-likeness (QED) is 0.0188. The SMILES string of the molecule is CCCCCCCCCCCCCCCCC(=O)O[C@H](COC(=O)C/C=C\C[C@H]1[C@@H](/C=C/[C@H](O)CCCCC)[C@H](O)C[C@@H]1O)COP(=O)([O-])OCC[N+](C)(C)C. The second-order valence-electron chi connectivity index (χ2n) is 16.7. The number of nitrogens with zero attached hydrogens (tertiary/aromatic N) is 1. The van der Waals surface area contributed by atoms with Crippen molar-refractivity contribution in [2.45, 2.75) is 180 Å². The second-order valence-corrected chi connectivity index (χ2v) is 18.1. The highest BCUT2D eigenvalue weighted by Crippen LogP contribution is 2.38. The number of aliphatic hydroxyl groups excluding tert-OH is 3. The number of carbonyl (C=O) groups is 2. The smallest absolute Gasteiger partial charge is 0.309 e. The van der Waals surface area contributed by atoms with E-state index in [-0.39, 0.29) is 37.7 Å². The van der Waals surface area contributed by atoms with E-state index < -0.39 is 57.4 Å². The number of allylic oxidation sites excluding steroid dienone is 1. The van der Waals surface area contributed by atoms with Crippen molar-refractivity contribution in [1.82, 2.24) is 0 Å². The first-order valence-corrected chi connectivity index (χ1v) is 23.3. The fourth-order valence-corrected chi connectivity index (χ4v) is 7.53. The third-order valence-electron chi connectivity index (χ3n) is 10.3. The maximum absolute atomic E-state index is 12.7. The third-order valence-corrected chi connectivity index (χ3v) is 11.3. The molecule has 0 aromatic rings. The molecular formula is C43H80NO11P. The number of quaternary nitrogens is 1. The van der Waals surface area contributed by atoms with E-state index >= 15 is 0 Å². The summed E-state index contributed by atoms with van der Waals surface area (Å²) in [5.74, 6) is -1.73. The summed E-state index contributed by atoms with van der Waals surface area (Å²) >= 11 is 0. The number of hydrogen-bond donors (Lipinski definition) is 3. The van der Waals surface area contributed by atoms with Gasteiger partial charge in [-0.25, -0.2) is 0 Å². The van der Waals surface area contributed by atoms with Gasteiger partial charge in [-0.2, -0.15) is 0 Å². The van der Waals surface area contributed by atoms with E-state index in [4.69, 9.17) is 18.5 Å². The van der Waals surface area contributed by atoms with Crippen molar-refractivity contribution < 1.29 is 57.4 Å². The summed E-state index contributed by atoms with van der Waals surface area (Å²) in [6.45, 7) is 3.75. The van der Waals surface area contributed by atoms with Gasteiger partial charge in [0.15, 0.2) is 6.10 Å². The van der Waals surface area contributed by atoms with Gasteiger partial charge in [0.05, 0.1) is 52.5 Å². The number of unbranched alkanes of at least 4 members (excludes halogenated alkanes) is 15. The molecule has 1 fully saturated rings. The second kappa shape index (κ2) is 31.3. The fraction of sp³-hybridized carbons (Fsp3) is 0.860. The highest BCUT2D eigenvalue weighted by atomic mass is 31.2. The Morgan fingerprint density at radius 2 is 1.36 bits per heavy atom. The molecule has 328 valence electrons. The van der Waals surface area contributed by atoms with E-state index in [1.54, 1.807) is 24.3 Å². The fourth-order valence-electron chi connectivity index (χ4n) is 6.80. The standard InChI is InChI=1S/C43H80NO11P/c1-6-8-10-11-12-13-14-15-16-17-18-19-20-22-28-43(49)55-37(35-54-56(50,51)53-32-31-44(3,4)5)34-52-42(48)27-24-23-26-38-39(41(47)33-40(38)46)30-29-36(45)25-21-9-7-2/h23-24,29-30,36-41,45-47H,6-22,25-28,31-35H2,1-5H3/b24-23-,30-29+/t36-,37-,38+,39-,40+,41-/m1/s1. The summed E-state index contributed by atoms with van der Waals surface area (Å²) in [5, 5.41) is 31.3. The number of rotatable bonds is 35. The molecular weight excluding hydrogens is 737 g/mol. The number of carbonyl (C=O) groups excluding carboxylic acids is 2. The van der Waals surface area contributed by atoms with E-state index in [0.717, 1.165) is 38.5 Å². The van der Waals surface area contributed by atoms with Crippen molar-refractivity contribution in [1.29, 1.82) is 0 Å². The Hall–Kier alpha value is -1.63. The highest BCUT2D eigenvalue weighted by Gasteiger charge is 2.39. The number of ether oxygens (including phenoxy) is 2. The van der Waals surface area contributed by atoms with Gasteiger partial charge in [0.1, 0.15) is 19.8 Å². The molecule has 0 amide bonds. The molecule has 0 spiro atoms. The number of aliphatic hydroxyl groups is 3. The lowest BCUT2D eigenvalue weighted by atomic mass is 9.89. The first-order chi connectivity index (χ1) is 26.7. The minimum Gasteiger partial charge on any atom is -0.756 e. The first kappa shape index (κ1) is 52.4. The van der Waals surface area contributed by atoms with Crippen LogP contribution in [0.5, 0.6) is 0 Å². The van der Waals surface area contributed by atoms with Crippen molar-refractivity contribution in [2.75, 3.05) is 47.5 Å². The Morgan fingerprint density at radius 3 is 1.95 bits per heavy atom. The van der Waals surface area contributed by atoms with Gasteiger partial charge >= 0.3 is 11.9 Å². The van der Waals surface area contributed by atoms with E-state index in [1.165, 1.54) is 64.2 Å². The minimum atomic E-state index is -4.70. The summed E-state index contributed by atoms with van der Waals surface area (Å²) in [6, 6.07) is 0. The molecule has 0 saturated heterocycles. The van der Waals surface area contributed by atoms with Gasteiger partial charge < -0.3 is 43.2 Å². The molecule has 0 aromatic carbocycles. The molecule has 0 aromatic heterocycles. The van der Waals surface area contributed by atoms with Crippen LogP contribution in [0.25, 0.3) is 0 Å². The van der Waals surface area contributed by atoms with Crippen molar-refractivity contribution in [3.63, 3.8) is 0 Å².